The van der Waals surface area contributed by atoms with Gasteiger partial charge >= 0.3 is 24.2 Å². The third-order valence-corrected chi connectivity index (χ3v) is 6.76. The molecular weight excluding hydrogens is 739 g/mol. The lowest BCUT2D eigenvalue weighted by atomic mass is 9.92. The van der Waals surface area contributed by atoms with E-state index in [-0.39, 0.29) is 11.6 Å². The first-order valence-corrected chi connectivity index (χ1v) is 12.6. The van der Waals surface area contributed by atoms with E-state index in [4.69, 9.17) is 6.42 Å². The predicted octanol–water partition coefficient (Wildman–Crippen LogP) is 8.41. The lowest BCUT2D eigenvalue weighted by Gasteiger charge is -2.31. The van der Waals surface area contributed by atoms with E-state index in [1.807, 2.05) is 0 Å². The maximum absolute atomic E-state index is 15.6. The van der Waals surface area contributed by atoms with Gasteiger partial charge in [0.1, 0.15) is 5.82 Å². The summed E-state index contributed by atoms with van der Waals surface area (Å²) in [5.41, 5.74) is -14.3. The number of benzene rings is 3. The second kappa shape index (κ2) is 12.2. The van der Waals surface area contributed by atoms with Crippen molar-refractivity contribution in [2.24, 2.45) is 0 Å². The molecule has 0 atom stereocenters. The first kappa shape index (κ1) is 34.5. The highest BCUT2D eigenvalue weighted by molar-refractivity contribution is 14.1. The summed E-state index contributed by atoms with van der Waals surface area (Å²) in [6, 6.07) is 5.59. The number of nitrogens with one attached hydrogen (secondary N) is 1. The molecule has 0 bridgehead atoms. The summed E-state index contributed by atoms with van der Waals surface area (Å²) in [4.78, 5) is 26.5. The largest absolute Gasteiger partial charge is 0.435 e. The molecule has 0 saturated heterocycles. The maximum atomic E-state index is 15.6. The quantitative estimate of drug-likeness (QED) is 0.156. The monoisotopic (exact) mass is 752 g/mol. The van der Waals surface area contributed by atoms with Gasteiger partial charge in [0.15, 0.2) is 5.82 Å². The van der Waals surface area contributed by atoms with Crippen molar-refractivity contribution in [1.29, 1.82) is 0 Å². The Morgan fingerprint density at radius 2 is 1.43 bits per heavy atom. The number of carbonyl (C=O) groups is 2. The van der Waals surface area contributed by atoms with Crippen LogP contribution in [-0.2, 0) is 11.8 Å². The Labute approximate surface area is 253 Å². The normalized spacial score (nSPS) is 12.5. The van der Waals surface area contributed by atoms with Crippen LogP contribution in [0.25, 0.3) is 0 Å². The number of carbonyl (C=O) groups excluding carboxylic acids is 2. The van der Waals surface area contributed by atoms with E-state index >= 15 is 4.39 Å². The highest BCUT2D eigenvalue weighted by Crippen LogP contribution is 2.54. The Morgan fingerprint density at radius 3 is 1.93 bits per heavy atom. The highest BCUT2D eigenvalue weighted by Gasteiger charge is 2.73. The molecule has 0 fully saturated rings. The molecule has 0 radical (unpaired) electrons. The highest BCUT2D eigenvalue weighted by atomic mass is 127. The van der Waals surface area contributed by atoms with Gasteiger partial charge < -0.3 is 5.32 Å². The maximum Gasteiger partial charge on any atom is 0.435 e. The van der Waals surface area contributed by atoms with Crippen molar-refractivity contribution >= 4 is 45.8 Å². The number of hydrogen-bond donors (Lipinski definition) is 1. The van der Waals surface area contributed by atoms with E-state index in [1.165, 1.54) is 0 Å². The van der Waals surface area contributed by atoms with Crippen LogP contribution < -0.4 is 10.2 Å². The molecule has 3 rings (SSSR count). The second-order valence-corrected chi connectivity index (χ2v) is 9.89. The molecule has 17 heteroatoms. The lowest BCUT2D eigenvalue weighted by Crippen LogP contribution is -2.50. The van der Waals surface area contributed by atoms with Crippen LogP contribution in [0, 0.1) is 27.5 Å². The fourth-order valence-corrected chi connectivity index (χ4v) is 4.60. The Bertz CT molecular complexity index is 1610. The summed E-state index contributed by atoms with van der Waals surface area (Å²) in [6.45, 7) is -0.612. The number of halogens is 13. The van der Waals surface area contributed by atoms with Crippen molar-refractivity contribution in [3.8, 4) is 12.3 Å². The first-order chi connectivity index (χ1) is 20.1. The van der Waals surface area contributed by atoms with E-state index in [2.05, 4.69) is 5.92 Å². The molecule has 234 valence electrons. The summed E-state index contributed by atoms with van der Waals surface area (Å²) < 4.78 is 163. The number of anilines is 2. The fourth-order valence-electron chi connectivity index (χ4n) is 3.83. The minimum atomic E-state index is -6.73. The average molecular weight is 752 g/mol. The smallest absolute Gasteiger partial charge is 0.320 e. The topological polar surface area (TPSA) is 49.4 Å². The minimum Gasteiger partial charge on any atom is -0.320 e. The van der Waals surface area contributed by atoms with Gasteiger partial charge in [-0.25, -0.2) is 13.2 Å². The molecule has 2 amide bonds. The Hall–Kier alpha value is -3.95. The van der Waals surface area contributed by atoms with Gasteiger partial charge in [-0.05, 0) is 71.1 Å². The molecule has 0 spiro atoms. The van der Waals surface area contributed by atoms with Gasteiger partial charge in [0.05, 0.1) is 29.0 Å². The number of alkyl halides is 10. The van der Waals surface area contributed by atoms with Crippen LogP contribution in [0.5, 0.6) is 0 Å². The van der Waals surface area contributed by atoms with E-state index in [0.29, 0.717) is 4.90 Å². The van der Waals surface area contributed by atoms with Crippen LogP contribution in [-0.4, -0.2) is 30.7 Å². The second-order valence-electron chi connectivity index (χ2n) is 8.73. The van der Waals surface area contributed by atoms with Gasteiger partial charge in [-0.1, -0.05) is 12.0 Å². The molecule has 44 heavy (non-hydrogen) atoms. The fraction of sp³-hybridized carbons (Fsp3) is 0.185. The average Bonchev–Trinajstić information content (AvgIpc) is 2.90. The minimum absolute atomic E-state index is 0.179. The van der Waals surface area contributed by atoms with Crippen LogP contribution in [0.3, 0.4) is 0 Å². The summed E-state index contributed by atoms with van der Waals surface area (Å²) >= 11 is 0.843. The van der Waals surface area contributed by atoms with Gasteiger partial charge in [0.25, 0.3) is 11.8 Å². The summed E-state index contributed by atoms with van der Waals surface area (Å²) in [5, 5.41) is 1.59. The molecule has 0 heterocycles. The van der Waals surface area contributed by atoms with Gasteiger partial charge in [-0.15, -0.1) is 6.42 Å². The molecule has 4 nitrogen and oxygen atoms in total. The van der Waals surface area contributed by atoms with E-state index in [9.17, 15) is 57.9 Å². The number of rotatable bonds is 6. The Morgan fingerprint density at radius 1 is 0.864 bits per heavy atom. The van der Waals surface area contributed by atoms with Gasteiger partial charge in [-0.2, -0.15) is 39.5 Å². The van der Waals surface area contributed by atoms with E-state index in [1.54, 1.807) is 5.32 Å². The molecule has 0 aliphatic carbocycles. The zero-order chi connectivity index (χ0) is 33.4. The van der Waals surface area contributed by atoms with Crippen molar-refractivity contribution < 1.29 is 62.3 Å². The van der Waals surface area contributed by atoms with Crippen molar-refractivity contribution in [2.75, 3.05) is 16.8 Å². The van der Waals surface area contributed by atoms with Crippen molar-refractivity contribution in [3.05, 3.63) is 92.1 Å². The van der Waals surface area contributed by atoms with Crippen LogP contribution in [0.15, 0.2) is 54.6 Å². The zero-order valence-corrected chi connectivity index (χ0v) is 23.3. The first-order valence-electron chi connectivity index (χ1n) is 11.5. The van der Waals surface area contributed by atoms with Crippen LogP contribution in [0.1, 0.15) is 31.8 Å². The predicted molar refractivity (Wildman–Crippen MR) is 140 cm³/mol. The Kier molecular flexibility index (Phi) is 9.58. The van der Waals surface area contributed by atoms with Crippen molar-refractivity contribution in [3.63, 3.8) is 0 Å². The molecule has 0 saturated carbocycles. The lowest BCUT2D eigenvalue weighted by molar-refractivity contribution is -0.348. The van der Waals surface area contributed by atoms with Crippen LogP contribution in [0.4, 0.5) is 64.1 Å². The van der Waals surface area contributed by atoms with E-state index < -0.39 is 91.9 Å². The number of terminal acetylenes is 1. The van der Waals surface area contributed by atoms with E-state index in [0.717, 1.165) is 65.1 Å². The van der Waals surface area contributed by atoms with Gasteiger partial charge in [-0.3, -0.25) is 14.5 Å². The summed E-state index contributed by atoms with van der Waals surface area (Å²) in [5.74, 6) is -2.84. The molecule has 1 N–H and O–H groups in total. The number of amides is 2. The van der Waals surface area contributed by atoms with Crippen LogP contribution >= 0.6 is 22.6 Å². The molecule has 3 aromatic rings. The molecule has 0 unspecified atom stereocenters. The summed E-state index contributed by atoms with van der Waals surface area (Å²) in [6.07, 6.45) is -14.0. The third-order valence-electron chi connectivity index (χ3n) is 5.91. The van der Waals surface area contributed by atoms with Gasteiger partial charge in [0.2, 0.25) is 0 Å². The molecule has 3 aromatic carbocycles. The SMILES string of the molecule is C#CCN(C(=O)c1ccc(F)cc1)c1cccc(C(=O)Nc2c(I)cc(C(F)(C(F)(F)F)C(F)(F)F)cc2C(F)(F)F)c1F. The van der Waals surface area contributed by atoms with Crippen molar-refractivity contribution in [1.82, 2.24) is 0 Å². The molecule has 0 aliphatic rings. The molecular formula is C27H13F12IN2O2. The summed E-state index contributed by atoms with van der Waals surface area (Å²) in [7, 11) is 0. The molecule has 0 aromatic heterocycles. The van der Waals surface area contributed by atoms with Gasteiger partial charge in [0, 0.05) is 14.7 Å². The Balaban J connectivity index is 2.12. The number of nitrogens with zero attached hydrogens (tertiary/aromatic N) is 1. The standard InChI is InChI=1S/C27H13F12IN2O2/c1-2-10-42(23(44)13-6-8-15(28)9-7-13)19-5-3-4-16(20(19)29)22(43)41-21-17(25(31,32)33)11-14(12-18(21)40)24(30,26(34,35)36)27(37,38)39/h1,3-9,11-12H,10H2,(H,41,43). The molecule has 0 aliphatic heterocycles. The van der Waals surface area contributed by atoms with Crippen molar-refractivity contribution in [2.45, 2.75) is 24.2 Å². The zero-order valence-electron chi connectivity index (χ0n) is 21.2. The third kappa shape index (κ3) is 6.59. The number of hydrogen-bond acceptors (Lipinski definition) is 2. The van der Waals surface area contributed by atoms with Crippen LogP contribution in [0.2, 0.25) is 0 Å².